The molecule has 23 heavy (non-hydrogen) atoms. The Hall–Kier alpha value is -2.33. The van der Waals surface area contributed by atoms with E-state index in [1.165, 1.54) is 0 Å². The van der Waals surface area contributed by atoms with Gasteiger partial charge < -0.3 is 14.6 Å². The van der Waals surface area contributed by atoms with Gasteiger partial charge in [-0.2, -0.15) is 0 Å². The molecule has 0 fully saturated rings. The van der Waals surface area contributed by atoms with Gasteiger partial charge in [-0.15, -0.1) is 0 Å². The zero-order valence-corrected chi connectivity index (χ0v) is 13.7. The molecule has 4 nitrogen and oxygen atoms in total. The first-order chi connectivity index (χ1) is 11.0. The molecule has 2 aromatic carbocycles. The molecule has 0 heterocycles. The van der Waals surface area contributed by atoms with Crippen LogP contribution in [0.1, 0.15) is 30.9 Å². The summed E-state index contributed by atoms with van der Waals surface area (Å²) in [4.78, 5) is 12.5. The molecule has 0 saturated carbocycles. The van der Waals surface area contributed by atoms with Crippen molar-refractivity contribution in [2.45, 2.75) is 25.4 Å². The van der Waals surface area contributed by atoms with E-state index in [0.29, 0.717) is 5.56 Å². The second-order valence-corrected chi connectivity index (χ2v) is 5.35. The highest BCUT2D eigenvalue weighted by Gasteiger charge is 2.45. The first kappa shape index (κ1) is 17.0. The highest BCUT2D eigenvalue weighted by atomic mass is 16.5. The van der Waals surface area contributed by atoms with Gasteiger partial charge in [0.25, 0.3) is 0 Å². The van der Waals surface area contributed by atoms with E-state index < -0.39 is 17.5 Å². The van der Waals surface area contributed by atoms with Crippen molar-refractivity contribution in [2.24, 2.45) is 0 Å². The predicted molar refractivity (Wildman–Crippen MR) is 88.4 cm³/mol. The van der Waals surface area contributed by atoms with Crippen LogP contribution in [0.4, 0.5) is 0 Å². The summed E-state index contributed by atoms with van der Waals surface area (Å²) in [6.07, 6.45) is 0. The summed E-state index contributed by atoms with van der Waals surface area (Å²) in [5, 5.41) is 11.2. The standard InChI is InChI=1S/C19H22O4/c1-4-23-18(20)19(21,16-8-6-5-7-9-16)14(2)15-10-12-17(22-3)13-11-15/h5-14,21H,4H2,1-3H3/t14-,19+/m0/s1. The largest absolute Gasteiger partial charge is 0.497 e. The van der Waals surface area contributed by atoms with E-state index in [9.17, 15) is 9.90 Å². The van der Waals surface area contributed by atoms with E-state index in [-0.39, 0.29) is 6.61 Å². The van der Waals surface area contributed by atoms with Crippen molar-refractivity contribution in [1.82, 2.24) is 0 Å². The maximum Gasteiger partial charge on any atom is 0.343 e. The summed E-state index contributed by atoms with van der Waals surface area (Å²) in [5.74, 6) is -0.398. The number of esters is 1. The lowest BCUT2D eigenvalue weighted by molar-refractivity contribution is -0.168. The molecule has 0 radical (unpaired) electrons. The summed E-state index contributed by atoms with van der Waals surface area (Å²) in [6.45, 7) is 3.75. The number of ether oxygens (including phenoxy) is 2. The van der Waals surface area contributed by atoms with Crippen molar-refractivity contribution in [3.63, 3.8) is 0 Å². The van der Waals surface area contributed by atoms with Crippen LogP contribution in [-0.2, 0) is 15.1 Å². The van der Waals surface area contributed by atoms with E-state index in [1.807, 2.05) is 37.3 Å². The molecule has 0 unspecified atom stereocenters. The van der Waals surface area contributed by atoms with Crippen LogP contribution in [-0.4, -0.2) is 24.8 Å². The molecule has 0 aliphatic heterocycles. The molecule has 2 atom stereocenters. The van der Waals surface area contributed by atoms with Crippen LogP contribution in [0, 0.1) is 0 Å². The Balaban J connectivity index is 2.45. The van der Waals surface area contributed by atoms with Gasteiger partial charge in [-0.1, -0.05) is 49.4 Å². The molecule has 0 saturated heterocycles. The SMILES string of the molecule is CCOC(=O)[C@](O)(c1ccccc1)[C@@H](C)c1ccc(OC)cc1. The first-order valence-electron chi connectivity index (χ1n) is 7.63. The minimum Gasteiger partial charge on any atom is -0.497 e. The van der Waals surface area contributed by atoms with Gasteiger partial charge in [-0.05, 0) is 30.2 Å². The second-order valence-electron chi connectivity index (χ2n) is 5.35. The van der Waals surface area contributed by atoms with E-state index in [4.69, 9.17) is 9.47 Å². The summed E-state index contributed by atoms with van der Waals surface area (Å²) in [6, 6.07) is 16.2. The van der Waals surface area contributed by atoms with E-state index >= 15 is 0 Å². The van der Waals surface area contributed by atoms with Crippen molar-refractivity contribution in [3.8, 4) is 5.75 Å². The van der Waals surface area contributed by atoms with Crippen LogP contribution in [0.5, 0.6) is 5.75 Å². The molecule has 0 spiro atoms. The van der Waals surface area contributed by atoms with Gasteiger partial charge in [-0.25, -0.2) is 4.79 Å². The molecule has 0 aromatic heterocycles. The molecule has 0 aliphatic carbocycles. The topological polar surface area (TPSA) is 55.8 Å². The minimum absolute atomic E-state index is 0.212. The molecule has 1 N–H and O–H groups in total. The average molecular weight is 314 g/mol. The van der Waals surface area contributed by atoms with Crippen molar-refractivity contribution in [2.75, 3.05) is 13.7 Å². The Labute approximate surface area is 136 Å². The smallest absolute Gasteiger partial charge is 0.343 e. The lowest BCUT2D eigenvalue weighted by Gasteiger charge is -2.32. The van der Waals surface area contributed by atoms with Gasteiger partial charge in [-0.3, -0.25) is 0 Å². The molecule has 0 bridgehead atoms. The summed E-state index contributed by atoms with van der Waals surface area (Å²) < 4.78 is 10.3. The fraction of sp³-hybridized carbons (Fsp3) is 0.316. The number of rotatable bonds is 6. The highest BCUT2D eigenvalue weighted by molar-refractivity contribution is 5.82. The Morgan fingerprint density at radius 1 is 1.13 bits per heavy atom. The molecule has 0 amide bonds. The number of hydrogen-bond acceptors (Lipinski definition) is 4. The third kappa shape index (κ3) is 3.37. The Kier molecular flexibility index (Phi) is 5.40. The molecule has 4 heteroatoms. The van der Waals surface area contributed by atoms with Gasteiger partial charge in [0, 0.05) is 5.92 Å². The molecule has 2 aromatic rings. The highest BCUT2D eigenvalue weighted by Crippen LogP contribution is 2.38. The average Bonchev–Trinajstić information content (AvgIpc) is 2.61. The van der Waals surface area contributed by atoms with Crippen LogP contribution in [0.3, 0.4) is 0 Å². The van der Waals surface area contributed by atoms with Crippen LogP contribution < -0.4 is 4.74 Å². The summed E-state index contributed by atoms with van der Waals surface area (Å²) >= 11 is 0. The lowest BCUT2D eigenvalue weighted by Crippen LogP contribution is -2.42. The third-order valence-electron chi connectivity index (χ3n) is 4.04. The maximum absolute atomic E-state index is 12.5. The zero-order valence-electron chi connectivity index (χ0n) is 13.7. The van der Waals surface area contributed by atoms with Gasteiger partial charge in [0.05, 0.1) is 13.7 Å². The number of hydrogen-bond donors (Lipinski definition) is 1. The Morgan fingerprint density at radius 2 is 1.74 bits per heavy atom. The second kappa shape index (κ2) is 7.29. The Morgan fingerprint density at radius 3 is 2.26 bits per heavy atom. The minimum atomic E-state index is -1.74. The zero-order chi connectivity index (χ0) is 16.9. The number of methoxy groups -OCH3 is 1. The van der Waals surface area contributed by atoms with Crippen molar-refractivity contribution < 1.29 is 19.4 Å². The molecular formula is C19H22O4. The van der Waals surface area contributed by atoms with Crippen LogP contribution in [0.25, 0.3) is 0 Å². The van der Waals surface area contributed by atoms with Crippen molar-refractivity contribution >= 4 is 5.97 Å². The summed E-state index contributed by atoms with van der Waals surface area (Å²) in [5.41, 5.74) is -0.404. The van der Waals surface area contributed by atoms with Gasteiger partial charge in [0.1, 0.15) is 5.75 Å². The third-order valence-corrected chi connectivity index (χ3v) is 4.04. The van der Waals surface area contributed by atoms with Gasteiger partial charge in [0.15, 0.2) is 5.60 Å². The van der Waals surface area contributed by atoms with Crippen LogP contribution >= 0.6 is 0 Å². The fourth-order valence-corrected chi connectivity index (χ4v) is 2.61. The monoisotopic (exact) mass is 314 g/mol. The molecule has 122 valence electrons. The van der Waals surface area contributed by atoms with Crippen molar-refractivity contribution in [1.29, 1.82) is 0 Å². The molecule has 0 aliphatic rings. The number of carbonyl (C=O) groups is 1. The quantitative estimate of drug-likeness (QED) is 0.832. The normalized spacial score (nSPS) is 14.6. The van der Waals surface area contributed by atoms with E-state index in [0.717, 1.165) is 11.3 Å². The predicted octanol–water partition coefficient (Wildman–Crippen LogP) is 3.25. The Bertz CT molecular complexity index is 636. The van der Waals surface area contributed by atoms with Gasteiger partial charge >= 0.3 is 5.97 Å². The number of aliphatic hydroxyl groups is 1. The number of benzene rings is 2. The van der Waals surface area contributed by atoms with Gasteiger partial charge in [0.2, 0.25) is 0 Å². The van der Waals surface area contributed by atoms with Crippen molar-refractivity contribution in [3.05, 3.63) is 65.7 Å². The van der Waals surface area contributed by atoms with Crippen LogP contribution in [0.2, 0.25) is 0 Å². The molecule has 2 rings (SSSR count). The number of carbonyl (C=O) groups excluding carboxylic acids is 1. The first-order valence-corrected chi connectivity index (χ1v) is 7.63. The lowest BCUT2D eigenvalue weighted by atomic mass is 9.78. The fourth-order valence-electron chi connectivity index (χ4n) is 2.61. The van der Waals surface area contributed by atoms with Crippen LogP contribution in [0.15, 0.2) is 54.6 Å². The summed E-state index contributed by atoms with van der Waals surface area (Å²) in [7, 11) is 1.59. The van der Waals surface area contributed by atoms with E-state index in [2.05, 4.69) is 0 Å². The maximum atomic E-state index is 12.5. The molecular weight excluding hydrogens is 292 g/mol. The van der Waals surface area contributed by atoms with E-state index in [1.54, 1.807) is 38.3 Å².